The molecular formula is C26H29F7N4O. The number of rotatable bonds is 5. The first-order valence-corrected chi connectivity index (χ1v) is 12.3. The van der Waals surface area contributed by atoms with Gasteiger partial charge in [-0.2, -0.15) is 13.2 Å². The van der Waals surface area contributed by atoms with Gasteiger partial charge in [0.2, 0.25) is 11.7 Å². The lowest BCUT2D eigenvalue weighted by molar-refractivity contribution is -0.148. The van der Waals surface area contributed by atoms with Crippen LogP contribution in [-0.2, 0) is 24.1 Å². The minimum Gasteiger partial charge on any atom is -0.335 e. The zero-order chi connectivity index (χ0) is 28.2. The summed E-state index contributed by atoms with van der Waals surface area (Å²) in [5, 5.41) is 0. The van der Waals surface area contributed by atoms with Crippen LogP contribution in [0, 0.1) is 5.82 Å². The predicted molar refractivity (Wildman–Crippen MR) is 128 cm³/mol. The van der Waals surface area contributed by atoms with Crippen LogP contribution in [0.5, 0.6) is 0 Å². The van der Waals surface area contributed by atoms with Crippen LogP contribution in [0.4, 0.5) is 30.7 Å². The van der Waals surface area contributed by atoms with Crippen molar-refractivity contribution in [2.24, 2.45) is 5.73 Å². The van der Waals surface area contributed by atoms with Gasteiger partial charge in [-0.05, 0) is 37.0 Å². The molecule has 0 spiro atoms. The third kappa shape index (κ3) is 6.64. The number of nitrogens with two attached hydrogens (primary N) is 1. The number of hydrogen-bond donors (Lipinski definition) is 1. The van der Waals surface area contributed by atoms with E-state index in [4.69, 9.17) is 5.73 Å². The quantitative estimate of drug-likeness (QED) is 0.442. The fourth-order valence-electron chi connectivity index (χ4n) is 4.48. The highest BCUT2D eigenvalue weighted by molar-refractivity contribution is 5.77. The molecule has 208 valence electrons. The molecule has 1 aliphatic carbocycles. The van der Waals surface area contributed by atoms with Gasteiger partial charge in [0.15, 0.2) is 6.17 Å². The Balaban J connectivity index is 0.00000195. The second-order valence-electron chi connectivity index (χ2n) is 8.86. The normalized spacial score (nSPS) is 18.7. The average Bonchev–Trinajstić information content (AvgIpc) is 3.21. The van der Waals surface area contributed by atoms with Crippen molar-refractivity contribution in [1.82, 2.24) is 14.5 Å². The van der Waals surface area contributed by atoms with E-state index in [1.165, 1.54) is 17.0 Å². The summed E-state index contributed by atoms with van der Waals surface area (Å²) < 4.78 is 96.7. The van der Waals surface area contributed by atoms with Crippen LogP contribution in [0.15, 0.2) is 47.6 Å². The molecule has 2 atom stereocenters. The van der Waals surface area contributed by atoms with Crippen molar-refractivity contribution in [2.75, 3.05) is 6.54 Å². The Labute approximate surface area is 215 Å². The number of nitrogens with zero attached hydrogens (tertiary/aromatic N) is 3. The maximum absolute atomic E-state index is 14.2. The molecule has 2 unspecified atom stereocenters. The van der Waals surface area contributed by atoms with Gasteiger partial charge in [-0.15, -0.1) is 0 Å². The van der Waals surface area contributed by atoms with E-state index in [2.05, 4.69) is 4.98 Å². The van der Waals surface area contributed by atoms with Crippen molar-refractivity contribution < 1.29 is 35.5 Å². The van der Waals surface area contributed by atoms with E-state index in [1.807, 2.05) is 13.8 Å². The average molecular weight is 547 g/mol. The molecule has 38 heavy (non-hydrogen) atoms. The van der Waals surface area contributed by atoms with E-state index >= 15 is 0 Å². The number of hydrogen-bond acceptors (Lipinski definition) is 3. The summed E-state index contributed by atoms with van der Waals surface area (Å²) >= 11 is 0. The van der Waals surface area contributed by atoms with Gasteiger partial charge in [0.05, 0.1) is 17.9 Å². The summed E-state index contributed by atoms with van der Waals surface area (Å²) in [5.41, 5.74) is 6.29. The van der Waals surface area contributed by atoms with E-state index in [0.717, 1.165) is 16.7 Å². The van der Waals surface area contributed by atoms with Crippen molar-refractivity contribution in [2.45, 2.75) is 71.0 Å². The molecule has 2 heterocycles. The highest BCUT2D eigenvalue weighted by atomic mass is 19.4. The zero-order valence-electron chi connectivity index (χ0n) is 21.0. The second kappa shape index (κ2) is 12.1. The molecule has 2 aromatic rings. The van der Waals surface area contributed by atoms with Gasteiger partial charge in [0, 0.05) is 37.2 Å². The fraction of sp³-hybridized carbons (Fsp3) is 0.462. The van der Waals surface area contributed by atoms with Crippen LogP contribution < -0.4 is 5.73 Å². The van der Waals surface area contributed by atoms with Crippen LogP contribution in [0.25, 0.3) is 11.3 Å². The van der Waals surface area contributed by atoms with Crippen molar-refractivity contribution in [3.05, 3.63) is 64.9 Å². The molecule has 1 aromatic carbocycles. The Bertz CT molecular complexity index is 1220. The van der Waals surface area contributed by atoms with Crippen LogP contribution in [-0.4, -0.2) is 39.1 Å². The molecule has 1 aromatic heterocycles. The molecular weight excluding hydrogens is 517 g/mol. The third-order valence-corrected chi connectivity index (χ3v) is 6.26. The number of halogens is 7. The summed E-state index contributed by atoms with van der Waals surface area (Å²) in [4.78, 5) is 18.0. The highest BCUT2D eigenvalue weighted by Gasteiger charge is 2.41. The first kappa shape index (κ1) is 29.4. The lowest BCUT2D eigenvalue weighted by Gasteiger charge is -2.30. The molecule has 0 radical (unpaired) electrons. The first-order valence-electron chi connectivity index (χ1n) is 12.3. The van der Waals surface area contributed by atoms with Gasteiger partial charge < -0.3 is 15.2 Å². The van der Waals surface area contributed by atoms with Gasteiger partial charge >= 0.3 is 6.18 Å². The van der Waals surface area contributed by atoms with Crippen molar-refractivity contribution >= 4 is 5.91 Å². The Morgan fingerprint density at radius 1 is 1.18 bits per heavy atom. The lowest BCUT2D eigenvalue weighted by Crippen LogP contribution is -2.41. The molecule has 0 saturated carbocycles. The molecule has 12 heteroatoms. The summed E-state index contributed by atoms with van der Waals surface area (Å²) in [7, 11) is 0. The second-order valence-corrected chi connectivity index (χ2v) is 8.86. The number of benzene rings is 1. The van der Waals surface area contributed by atoms with Gasteiger partial charge in [0.25, 0.3) is 0 Å². The van der Waals surface area contributed by atoms with Gasteiger partial charge in [-0.3, -0.25) is 4.79 Å². The molecule has 5 nitrogen and oxygen atoms in total. The Hall–Kier alpha value is -3.15. The maximum Gasteiger partial charge on any atom is 0.449 e. The number of carbonyl (C=O) groups excluding carboxylic acids is 1. The number of amides is 1. The first-order chi connectivity index (χ1) is 17.9. The van der Waals surface area contributed by atoms with Crippen molar-refractivity contribution in [3.8, 4) is 11.3 Å². The molecule has 2 aliphatic rings. The fourth-order valence-corrected chi connectivity index (χ4v) is 4.48. The van der Waals surface area contributed by atoms with E-state index in [1.54, 1.807) is 0 Å². The van der Waals surface area contributed by atoms with Gasteiger partial charge in [-0.25, -0.2) is 22.5 Å². The molecule has 0 saturated heterocycles. The summed E-state index contributed by atoms with van der Waals surface area (Å²) in [6, 6.07) is 4.12. The summed E-state index contributed by atoms with van der Waals surface area (Å²) in [6.07, 6.45) is -6.83. The minimum atomic E-state index is -4.75. The van der Waals surface area contributed by atoms with Crippen LogP contribution >= 0.6 is 0 Å². The van der Waals surface area contributed by atoms with E-state index in [9.17, 15) is 35.5 Å². The topological polar surface area (TPSA) is 64.2 Å². The Morgan fingerprint density at radius 3 is 2.55 bits per heavy atom. The number of carbonyl (C=O) groups is 1. The SMILES string of the molecule is CC.NC(CC(=O)N1CCn2c(C(F)(F)F)nc(-c3cccc(F)c3)c2C1)CC1=C(F)C=C(F)C(F)CC1. The predicted octanol–water partition coefficient (Wildman–Crippen LogP) is 6.39. The largest absolute Gasteiger partial charge is 0.449 e. The summed E-state index contributed by atoms with van der Waals surface area (Å²) in [6.45, 7) is 3.55. The number of fused-ring (bicyclic) bond motifs is 1. The Morgan fingerprint density at radius 2 is 1.89 bits per heavy atom. The van der Waals surface area contributed by atoms with E-state index in [0.29, 0.717) is 6.08 Å². The van der Waals surface area contributed by atoms with Gasteiger partial charge in [-0.1, -0.05) is 26.0 Å². The van der Waals surface area contributed by atoms with Crippen molar-refractivity contribution in [3.63, 3.8) is 0 Å². The Kier molecular flexibility index (Phi) is 9.40. The molecule has 1 amide bonds. The number of alkyl halides is 4. The molecule has 1 aliphatic heterocycles. The molecule has 0 bridgehead atoms. The molecule has 4 rings (SSSR count). The van der Waals surface area contributed by atoms with Crippen LogP contribution in [0.2, 0.25) is 0 Å². The minimum absolute atomic E-state index is 0.0465. The number of imidazole rings is 1. The van der Waals surface area contributed by atoms with E-state index < -0.39 is 47.6 Å². The highest BCUT2D eigenvalue weighted by Crippen LogP contribution is 2.36. The molecule has 2 N–H and O–H groups in total. The third-order valence-electron chi connectivity index (χ3n) is 6.26. The smallest absolute Gasteiger partial charge is 0.335 e. The van der Waals surface area contributed by atoms with E-state index in [-0.39, 0.29) is 67.8 Å². The van der Waals surface area contributed by atoms with Gasteiger partial charge in [0.1, 0.15) is 17.5 Å². The van der Waals surface area contributed by atoms with Crippen molar-refractivity contribution in [1.29, 1.82) is 0 Å². The van der Waals surface area contributed by atoms with Crippen LogP contribution in [0.1, 0.15) is 51.0 Å². The maximum atomic E-state index is 14.2. The monoisotopic (exact) mass is 546 g/mol. The summed E-state index contributed by atoms with van der Waals surface area (Å²) in [5.74, 6) is -4.39. The van der Waals surface area contributed by atoms with Crippen LogP contribution in [0.3, 0.4) is 0 Å². The standard InChI is InChI=1S/C24H23F7N4O.C2H6/c25-15-3-1-2-14(8-15)22-20-12-34(6-7-35(20)23(33-22)24(29,30)31)21(36)10-16(32)9-13-4-5-17(26)19(28)11-18(13)27;1-2/h1-3,8,11,16-17H,4-7,9-10,12,32H2;1-2H3. The molecule has 0 fully saturated rings. The number of aromatic nitrogens is 2. The lowest BCUT2D eigenvalue weighted by atomic mass is 9.99. The number of allylic oxidation sites excluding steroid dienone is 3. The zero-order valence-corrected chi connectivity index (χ0v) is 21.0.